The smallest absolute Gasteiger partial charge is 0.187 e. The van der Waals surface area contributed by atoms with Crippen molar-refractivity contribution < 1.29 is 40.1 Å². The van der Waals surface area contributed by atoms with Crippen LogP contribution in [0.5, 0.6) is 0 Å². The average molecular weight is 380 g/mol. The van der Waals surface area contributed by atoms with Gasteiger partial charge in [0, 0.05) is 0 Å². The summed E-state index contributed by atoms with van der Waals surface area (Å²) < 4.78 is 10.4. The van der Waals surface area contributed by atoms with Gasteiger partial charge in [0.05, 0.1) is 25.9 Å². The summed E-state index contributed by atoms with van der Waals surface area (Å²) >= 11 is 0. The summed E-state index contributed by atoms with van der Waals surface area (Å²) in [5.41, 5.74) is 0. The van der Waals surface area contributed by atoms with E-state index < -0.39 is 43.4 Å². The molecule has 0 aliphatic carbocycles. The van der Waals surface area contributed by atoms with Crippen LogP contribution < -0.4 is 0 Å². The van der Waals surface area contributed by atoms with Gasteiger partial charge in [-0.2, -0.15) is 0 Å². The summed E-state index contributed by atoms with van der Waals surface area (Å²) in [6.45, 7) is -0.826. The van der Waals surface area contributed by atoms with E-state index in [2.05, 4.69) is 23.7 Å². The van der Waals surface area contributed by atoms with Crippen molar-refractivity contribution in [2.75, 3.05) is 19.8 Å². The van der Waals surface area contributed by atoms with Crippen molar-refractivity contribution in [3.05, 3.63) is 36.5 Å². The predicted octanol–water partition coefficient (Wildman–Crippen LogP) is -2.17. The van der Waals surface area contributed by atoms with E-state index >= 15 is 0 Å². The van der Waals surface area contributed by atoms with Crippen LogP contribution in [-0.2, 0) is 9.47 Å². The van der Waals surface area contributed by atoms with Gasteiger partial charge in [-0.25, -0.2) is 0 Å². The fourth-order valence-electron chi connectivity index (χ4n) is 1.97. The van der Waals surface area contributed by atoms with E-state index in [1.807, 2.05) is 0 Å². The number of hydrogen-bond donors (Lipinski definition) is 6. The van der Waals surface area contributed by atoms with Crippen LogP contribution in [0.2, 0.25) is 0 Å². The van der Waals surface area contributed by atoms with Crippen LogP contribution in [0.15, 0.2) is 36.5 Å². The number of rotatable bonds is 7. The van der Waals surface area contributed by atoms with Crippen LogP contribution in [-0.4, -0.2) is 87.3 Å². The molecule has 1 aliphatic heterocycles. The van der Waals surface area contributed by atoms with E-state index in [0.717, 1.165) is 0 Å². The Morgan fingerprint density at radius 3 is 2.33 bits per heavy atom. The summed E-state index contributed by atoms with van der Waals surface area (Å²) in [5.74, 6) is 10.4. The molecule has 0 spiro atoms. The fourth-order valence-corrected chi connectivity index (χ4v) is 1.97. The summed E-state index contributed by atoms with van der Waals surface area (Å²) in [5, 5.41) is 55.8. The summed E-state index contributed by atoms with van der Waals surface area (Å²) in [7, 11) is 0. The average Bonchev–Trinajstić information content (AvgIpc) is 2.68. The van der Waals surface area contributed by atoms with Crippen molar-refractivity contribution in [1.82, 2.24) is 0 Å². The molecule has 0 amide bonds. The van der Waals surface area contributed by atoms with E-state index in [-0.39, 0.29) is 13.2 Å². The lowest BCUT2D eigenvalue weighted by Gasteiger charge is -2.39. The molecule has 1 saturated heterocycles. The van der Waals surface area contributed by atoms with E-state index in [4.69, 9.17) is 24.8 Å². The molecular formula is C19H24O8. The Bertz CT molecular complexity index is 632. The lowest BCUT2D eigenvalue weighted by Crippen LogP contribution is -2.59. The van der Waals surface area contributed by atoms with E-state index in [1.165, 1.54) is 18.2 Å². The Labute approximate surface area is 157 Å². The Morgan fingerprint density at radius 2 is 1.67 bits per heavy atom. The Kier molecular flexibility index (Phi) is 11.3. The lowest BCUT2D eigenvalue weighted by molar-refractivity contribution is -0.298. The van der Waals surface area contributed by atoms with Crippen molar-refractivity contribution in [2.24, 2.45) is 0 Å². The number of ether oxygens (including phenoxy) is 2. The third-order valence-corrected chi connectivity index (χ3v) is 3.42. The third-order valence-electron chi connectivity index (χ3n) is 3.42. The molecule has 0 saturated carbocycles. The first-order valence-corrected chi connectivity index (χ1v) is 8.21. The van der Waals surface area contributed by atoms with Crippen LogP contribution in [0, 0.1) is 23.7 Å². The molecule has 1 aliphatic rings. The van der Waals surface area contributed by atoms with Crippen molar-refractivity contribution in [3.8, 4) is 23.7 Å². The second kappa shape index (κ2) is 13.2. The maximum atomic E-state index is 9.78. The van der Waals surface area contributed by atoms with E-state index in [1.54, 1.807) is 18.2 Å². The second-order valence-electron chi connectivity index (χ2n) is 5.47. The SMILES string of the molecule is OC[C@H](O)/C=C/C=C/C#CC#C/C=C/CO[C@@H]1O[C@H](CO)[C@@H](O)[C@H](O)[C@H]1O. The van der Waals surface area contributed by atoms with Crippen LogP contribution in [0.3, 0.4) is 0 Å². The van der Waals surface area contributed by atoms with Gasteiger partial charge in [0.1, 0.15) is 24.4 Å². The summed E-state index contributed by atoms with van der Waals surface area (Å²) in [6.07, 6.45) is 1.71. The molecule has 1 rings (SSSR count). The maximum Gasteiger partial charge on any atom is 0.187 e. The van der Waals surface area contributed by atoms with Crippen LogP contribution in [0.1, 0.15) is 0 Å². The molecule has 1 fully saturated rings. The minimum atomic E-state index is -1.48. The van der Waals surface area contributed by atoms with Crippen molar-refractivity contribution in [1.29, 1.82) is 0 Å². The van der Waals surface area contributed by atoms with Crippen molar-refractivity contribution >= 4 is 0 Å². The van der Waals surface area contributed by atoms with Crippen molar-refractivity contribution in [3.63, 3.8) is 0 Å². The molecule has 6 atom stereocenters. The zero-order valence-electron chi connectivity index (χ0n) is 14.5. The minimum Gasteiger partial charge on any atom is -0.394 e. The summed E-state index contributed by atoms with van der Waals surface area (Å²) in [4.78, 5) is 0. The highest BCUT2D eigenvalue weighted by atomic mass is 16.7. The Hall–Kier alpha value is -1.98. The van der Waals surface area contributed by atoms with Crippen LogP contribution in [0.4, 0.5) is 0 Å². The van der Waals surface area contributed by atoms with Crippen molar-refractivity contribution in [2.45, 2.75) is 36.8 Å². The molecule has 1 heterocycles. The topological polar surface area (TPSA) is 140 Å². The minimum absolute atomic E-state index is 0.0304. The van der Waals surface area contributed by atoms with Gasteiger partial charge in [0.25, 0.3) is 0 Å². The molecule has 8 nitrogen and oxygen atoms in total. The van der Waals surface area contributed by atoms with Crippen LogP contribution >= 0.6 is 0 Å². The predicted molar refractivity (Wildman–Crippen MR) is 95.8 cm³/mol. The zero-order chi connectivity index (χ0) is 20.1. The second-order valence-corrected chi connectivity index (χ2v) is 5.47. The normalized spacial score (nSPS) is 29.5. The maximum absolute atomic E-state index is 9.78. The number of aliphatic hydroxyl groups excluding tert-OH is 6. The van der Waals surface area contributed by atoms with Gasteiger partial charge in [0.2, 0.25) is 0 Å². The molecule has 148 valence electrons. The summed E-state index contributed by atoms with van der Waals surface area (Å²) in [6, 6.07) is 0. The molecule has 0 aromatic rings. The first-order chi connectivity index (χ1) is 13.0. The number of aliphatic hydroxyl groups is 6. The molecule has 8 heteroatoms. The molecule has 27 heavy (non-hydrogen) atoms. The fraction of sp³-hybridized carbons (Fsp3) is 0.474. The van der Waals surface area contributed by atoms with Gasteiger partial charge in [-0.1, -0.05) is 36.1 Å². The number of hydrogen-bond acceptors (Lipinski definition) is 8. The third kappa shape index (κ3) is 8.50. The standard InChI is InChI=1S/C19H24O8/c20-12-14(22)10-8-6-4-2-1-3-5-7-9-11-26-19-18(25)17(24)16(23)15(13-21)27-19/h4,6-10,14-25H,11-13H2/b6-4+,9-7+,10-8+/t14-,15-,16-,17+,18-,19-/m1/s1. The van der Waals surface area contributed by atoms with Crippen LogP contribution in [0.25, 0.3) is 0 Å². The molecular weight excluding hydrogens is 356 g/mol. The quantitative estimate of drug-likeness (QED) is 0.217. The number of allylic oxidation sites excluding steroid dienone is 4. The molecule has 0 radical (unpaired) electrons. The van der Waals surface area contributed by atoms with E-state index in [9.17, 15) is 15.3 Å². The highest BCUT2D eigenvalue weighted by Crippen LogP contribution is 2.21. The zero-order valence-corrected chi connectivity index (χ0v) is 14.5. The van der Waals surface area contributed by atoms with Gasteiger partial charge in [0.15, 0.2) is 6.29 Å². The van der Waals surface area contributed by atoms with Gasteiger partial charge < -0.3 is 40.1 Å². The molecule has 6 N–H and O–H groups in total. The van der Waals surface area contributed by atoms with Gasteiger partial charge in [-0.05, 0) is 24.0 Å². The molecule has 0 unspecified atom stereocenters. The molecule has 0 aromatic heterocycles. The van der Waals surface area contributed by atoms with Gasteiger partial charge in [-0.15, -0.1) is 0 Å². The lowest BCUT2D eigenvalue weighted by atomic mass is 9.99. The Balaban J connectivity index is 2.34. The van der Waals surface area contributed by atoms with Gasteiger partial charge >= 0.3 is 0 Å². The Morgan fingerprint density at radius 1 is 0.963 bits per heavy atom. The first-order valence-electron chi connectivity index (χ1n) is 8.21. The van der Waals surface area contributed by atoms with Gasteiger partial charge in [-0.3, -0.25) is 0 Å². The highest BCUT2D eigenvalue weighted by molar-refractivity contribution is 5.34. The molecule has 0 aromatic carbocycles. The monoisotopic (exact) mass is 380 g/mol. The largest absolute Gasteiger partial charge is 0.394 e. The molecule has 0 bridgehead atoms. The first kappa shape index (κ1) is 23.1. The van der Waals surface area contributed by atoms with E-state index in [0.29, 0.717) is 0 Å². The highest BCUT2D eigenvalue weighted by Gasteiger charge is 2.43.